The number of benzene rings is 3. The molecule has 0 aliphatic heterocycles. The van der Waals surface area contributed by atoms with Crippen molar-refractivity contribution in [1.82, 2.24) is 10.3 Å². The number of anilines is 1. The molecule has 1 fully saturated rings. The first-order valence-electron chi connectivity index (χ1n) is 12.0. The molecule has 4 aromatic rings. The highest BCUT2D eigenvalue weighted by atomic mass is 32.2. The summed E-state index contributed by atoms with van der Waals surface area (Å²) < 4.78 is 0.762. The molecule has 2 N–H and O–H groups in total. The van der Waals surface area contributed by atoms with Crippen LogP contribution in [0.5, 0.6) is 0 Å². The van der Waals surface area contributed by atoms with Crippen LogP contribution >= 0.6 is 23.1 Å². The van der Waals surface area contributed by atoms with Crippen LogP contribution in [-0.4, -0.2) is 28.6 Å². The summed E-state index contributed by atoms with van der Waals surface area (Å²) in [5, 5.41) is 6.85. The van der Waals surface area contributed by atoms with Crippen LogP contribution in [0, 0.1) is 0 Å². The third kappa shape index (κ3) is 6.42. The second-order valence-electron chi connectivity index (χ2n) is 8.78. The van der Waals surface area contributed by atoms with Crippen molar-refractivity contribution < 1.29 is 9.59 Å². The number of hydrogen-bond donors (Lipinski definition) is 2. The van der Waals surface area contributed by atoms with Crippen LogP contribution in [0.1, 0.15) is 36.3 Å². The minimum absolute atomic E-state index is 0.0260. The van der Waals surface area contributed by atoms with Gasteiger partial charge in [0.15, 0.2) is 4.34 Å². The molecule has 2 amide bonds. The molecule has 5 nitrogen and oxygen atoms in total. The van der Waals surface area contributed by atoms with Gasteiger partial charge in [-0.1, -0.05) is 114 Å². The van der Waals surface area contributed by atoms with Crippen molar-refractivity contribution in [3.63, 3.8) is 0 Å². The van der Waals surface area contributed by atoms with Gasteiger partial charge in [0, 0.05) is 23.9 Å². The van der Waals surface area contributed by atoms with Crippen molar-refractivity contribution in [2.75, 3.05) is 11.1 Å². The van der Waals surface area contributed by atoms with Gasteiger partial charge >= 0.3 is 0 Å². The lowest BCUT2D eigenvalue weighted by molar-refractivity contribution is -0.118. The zero-order valence-corrected chi connectivity index (χ0v) is 21.4. The van der Waals surface area contributed by atoms with E-state index in [1.54, 1.807) is 0 Å². The van der Waals surface area contributed by atoms with E-state index in [-0.39, 0.29) is 17.7 Å². The molecule has 182 valence electrons. The summed E-state index contributed by atoms with van der Waals surface area (Å²) in [4.78, 5) is 30.3. The first-order valence-corrected chi connectivity index (χ1v) is 13.8. The lowest BCUT2D eigenvalue weighted by atomic mass is 9.88. The topological polar surface area (TPSA) is 71.1 Å². The molecule has 1 heterocycles. The number of thioether (sulfide) groups is 1. The number of aromatic nitrogens is 1. The van der Waals surface area contributed by atoms with Crippen LogP contribution in [-0.2, 0) is 9.59 Å². The monoisotopic (exact) mass is 513 g/mol. The quantitative estimate of drug-likeness (QED) is 0.243. The van der Waals surface area contributed by atoms with Gasteiger partial charge < -0.3 is 10.6 Å². The Morgan fingerprint density at radius 1 is 0.861 bits per heavy atom. The second kappa shape index (κ2) is 11.5. The van der Waals surface area contributed by atoms with Crippen molar-refractivity contribution in [2.45, 2.75) is 35.6 Å². The second-order valence-corrected chi connectivity index (χ2v) is 11.0. The zero-order chi connectivity index (χ0) is 24.7. The molecule has 1 aliphatic carbocycles. The number of rotatable bonds is 10. The van der Waals surface area contributed by atoms with Gasteiger partial charge in [-0.25, -0.2) is 4.98 Å². The average molecular weight is 514 g/mol. The lowest BCUT2D eigenvalue weighted by Crippen LogP contribution is -2.26. The Hall–Kier alpha value is -3.42. The van der Waals surface area contributed by atoms with Crippen molar-refractivity contribution in [3.05, 3.63) is 102 Å². The Kier molecular flexibility index (Phi) is 7.79. The standard InChI is InChI=1S/C29H27N3O2S2/c33-25(18-24(20-10-4-1-5-11-20)21-12-6-2-7-13-21)31-28-27(22-14-8-3-9-15-22)32-29(36-28)35-19-26(34)30-23-16-17-23/h1-15,23-24H,16-19H2,(H,30,34)(H,31,33). The van der Waals surface area contributed by atoms with Crippen LogP contribution in [0.2, 0.25) is 0 Å². The van der Waals surface area contributed by atoms with Crippen LogP contribution in [0.3, 0.4) is 0 Å². The van der Waals surface area contributed by atoms with Crippen molar-refractivity contribution in [2.24, 2.45) is 0 Å². The molecule has 1 saturated carbocycles. The molecule has 0 radical (unpaired) electrons. The summed E-state index contributed by atoms with van der Waals surface area (Å²) in [7, 11) is 0. The summed E-state index contributed by atoms with van der Waals surface area (Å²) in [6.45, 7) is 0. The van der Waals surface area contributed by atoms with E-state index in [4.69, 9.17) is 4.98 Å². The number of carbonyl (C=O) groups is 2. The van der Waals surface area contributed by atoms with E-state index in [2.05, 4.69) is 34.9 Å². The SMILES string of the molecule is O=C(CC(c1ccccc1)c1ccccc1)Nc1sc(SCC(=O)NC2CC2)nc1-c1ccccc1. The average Bonchev–Trinajstić information content (AvgIpc) is 3.64. The number of nitrogens with zero attached hydrogens (tertiary/aromatic N) is 1. The van der Waals surface area contributed by atoms with Crippen LogP contribution in [0.15, 0.2) is 95.3 Å². The van der Waals surface area contributed by atoms with Gasteiger partial charge in [-0.2, -0.15) is 0 Å². The molecule has 7 heteroatoms. The van der Waals surface area contributed by atoms with E-state index in [9.17, 15) is 9.59 Å². The van der Waals surface area contributed by atoms with Gasteiger partial charge in [0.25, 0.3) is 0 Å². The molecular weight excluding hydrogens is 486 g/mol. The van der Waals surface area contributed by atoms with E-state index in [0.29, 0.717) is 23.2 Å². The fraction of sp³-hybridized carbons (Fsp3) is 0.207. The van der Waals surface area contributed by atoms with Crippen molar-refractivity contribution in [3.8, 4) is 11.3 Å². The minimum Gasteiger partial charge on any atom is -0.353 e. The number of carbonyl (C=O) groups excluding carboxylic acids is 2. The summed E-state index contributed by atoms with van der Waals surface area (Å²) in [6, 6.07) is 30.4. The van der Waals surface area contributed by atoms with Crippen LogP contribution in [0.4, 0.5) is 5.00 Å². The predicted octanol–water partition coefficient (Wildman–Crippen LogP) is 6.34. The molecule has 0 saturated heterocycles. The normalized spacial score (nSPS) is 12.9. The van der Waals surface area contributed by atoms with Gasteiger partial charge in [0.05, 0.1) is 5.75 Å². The summed E-state index contributed by atoms with van der Waals surface area (Å²) >= 11 is 2.82. The predicted molar refractivity (Wildman–Crippen MR) is 147 cm³/mol. The van der Waals surface area contributed by atoms with E-state index < -0.39 is 0 Å². The molecule has 0 unspecified atom stereocenters. The lowest BCUT2D eigenvalue weighted by Gasteiger charge is -2.18. The Labute approximate surface area is 219 Å². The van der Waals surface area contributed by atoms with Gasteiger partial charge in [-0.3, -0.25) is 9.59 Å². The molecular formula is C29H27N3O2S2. The first kappa shape index (κ1) is 24.3. The molecule has 1 aliphatic rings. The smallest absolute Gasteiger partial charge is 0.230 e. The van der Waals surface area contributed by atoms with Crippen molar-refractivity contribution >= 4 is 39.9 Å². The molecule has 3 aromatic carbocycles. The Morgan fingerprint density at radius 2 is 1.44 bits per heavy atom. The van der Waals surface area contributed by atoms with E-state index in [1.165, 1.54) is 23.1 Å². The maximum atomic E-state index is 13.4. The van der Waals surface area contributed by atoms with E-state index in [1.807, 2.05) is 66.7 Å². The fourth-order valence-corrected chi connectivity index (χ4v) is 5.92. The first-order chi connectivity index (χ1) is 17.7. The number of amides is 2. The zero-order valence-electron chi connectivity index (χ0n) is 19.7. The van der Waals surface area contributed by atoms with Crippen LogP contribution < -0.4 is 10.6 Å². The number of hydrogen-bond acceptors (Lipinski definition) is 5. The highest BCUT2D eigenvalue weighted by Gasteiger charge is 2.24. The summed E-state index contributed by atoms with van der Waals surface area (Å²) in [6.07, 6.45) is 2.44. The minimum atomic E-state index is -0.0726. The molecule has 0 spiro atoms. The molecule has 0 bridgehead atoms. The Balaban J connectivity index is 1.35. The van der Waals surface area contributed by atoms with Gasteiger partial charge in [-0.15, -0.1) is 0 Å². The third-order valence-electron chi connectivity index (χ3n) is 5.97. The largest absolute Gasteiger partial charge is 0.353 e. The van der Waals surface area contributed by atoms with Gasteiger partial charge in [0.2, 0.25) is 11.8 Å². The van der Waals surface area contributed by atoms with Gasteiger partial charge in [0.1, 0.15) is 10.7 Å². The van der Waals surface area contributed by atoms with Crippen molar-refractivity contribution in [1.29, 1.82) is 0 Å². The maximum Gasteiger partial charge on any atom is 0.230 e. The molecule has 1 aromatic heterocycles. The Bertz CT molecular complexity index is 1270. The number of nitrogens with one attached hydrogen (secondary N) is 2. The molecule has 5 rings (SSSR count). The van der Waals surface area contributed by atoms with E-state index in [0.717, 1.165) is 39.6 Å². The maximum absolute atomic E-state index is 13.4. The highest BCUT2D eigenvalue weighted by Crippen LogP contribution is 2.38. The highest BCUT2D eigenvalue weighted by molar-refractivity contribution is 8.01. The summed E-state index contributed by atoms with van der Waals surface area (Å²) in [5.74, 6) is 0.213. The Morgan fingerprint density at radius 3 is 2.03 bits per heavy atom. The third-order valence-corrected chi connectivity index (χ3v) is 8.08. The molecule has 36 heavy (non-hydrogen) atoms. The fourth-order valence-electron chi connectivity index (χ4n) is 4.02. The molecule has 0 atom stereocenters. The van der Waals surface area contributed by atoms with E-state index >= 15 is 0 Å². The number of thiazole rings is 1. The van der Waals surface area contributed by atoms with Gasteiger partial charge in [-0.05, 0) is 24.0 Å². The summed E-state index contributed by atoms with van der Waals surface area (Å²) in [5.41, 5.74) is 3.87. The van der Waals surface area contributed by atoms with Crippen LogP contribution in [0.25, 0.3) is 11.3 Å².